The summed E-state index contributed by atoms with van der Waals surface area (Å²) < 4.78 is 35.1. The fourth-order valence-electron chi connectivity index (χ4n) is 4.60. The summed E-state index contributed by atoms with van der Waals surface area (Å²) in [5.41, 5.74) is 1.26. The van der Waals surface area contributed by atoms with E-state index in [-0.39, 0.29) is 18.0 Å². The smallest absolute Gasteiger partial charge is 0.280 e. The number of benzene rings is 1. The number of imidazole rings is 1. The molecule has 0 radical (unpaired) electrons. The normalized spacial score (nSPS) is 21.1. The Labute approximate surface area is 187 Å². The highest BCUT2D eigenvalue weighted by Crippen LogP contribution is 2.57. The molecule has 2 aliphatic rings. The summed E-state index contributed by atoms with van der Waals surface area (Å²) >= 11 is 0. The first kappa shape index (κ1) is 21.2. The van der Waals surface area contributed by atoms with Crippen molar-refractivity contribution < 1.29 is 13.3 Å². The van der Waals surface area contributed by atoms with Gasteiger partial charge in [-0.05, 0) is 24.0 Å². The fourth-order valence-corrected chi connectivity index (χ4v) is 4.60. The van der Waals surface area contributed by atoms with Gasteiger partial charge < -0.3 is 14.0 Å². The Balaban J connectivity index is 0.00000111. The van der Waals surface area contributed by atoms with Gasteiger partial charge in [0.15, 0.2) is 28.6 Å². The maximum absolute atomic E-state index is 13.5. The van der Waals surface area contributed by atoms with Crippen molar-refractivity contribution in [2.45, 2.75) is 26.3 Å². The Hall–Kier alpha value is -3.63. The van der Waals surface area contributed by atoms with Gasteiger partial charge in [0.2, 0.25) is 5.89 Å². The lowest BCUT2D eigenvalue weighted by atomic mass is 10.2. The number of fused-ring (bicyclic) bond motifs is 2. The van der Waals surface area contributed by atoms with Crippen LogP contribution in [0.1, 0.15) is 31.5 Å². The molecule has 11 heteroatoms. The predicted octanol–water partition coefficient (Wildman–Crippen LogP) is 2.72. The second-order valence-electron chi connectivity index (χ2n) is 8.11. The average Bonchev–Trinajstić information content (AvgIpc) is 3.23. The zero-order valence-electron chi connectivity index (χ0n) is 18.4. The van der Waals surface area contributed by atoms with Gasteiger partial charge in [-0.25, -0.2) is 18.7 Å². The molecule has 1 saturated heterocycles. The van der Waals surface area contributed by atoms with E-state index in [2.05, 4.69) is 20.1 Å². The molecule has 2 fully saturated rings. The van der Waals surface area contributed by atoms with Gasteiger partial charge in [-0.15, -0.1) is 0 Å². The van der Waals surface area contributed by atoms with Gasteiger partial charge in [0.25, 0.3) is 5.56 Å². The van der Waals surface area contributed by atoms with E-state index in [9.17, 15) is 13.6 Å². The largest absolute Gasteiger partial charge is 0.371 e. The van der Waals surface area contributed by atoms with E-state index in [1.807, 2.05) is 18.7 Å². The maximum atomic E-state index is 13.5. The van der Waals surface area contributed by atoms with Crippen molar-refractivity contribution in [3.05, 3.63) is 64.6 Å². The fraction of sp³-hybridized carbons (Fsp3) is 0.409. The third-order valence-electron chi connectivity index (χ3n) is 6.25. The van der Waals surface area contributed by atoms with Crippen molar-refractivity contribution in [1.29, 1.82) is 0 Å². The van der Waals surface area contributed by atoms with E-state index in [1.54, 1.807) is 24.0 Å². The number of nitrogens with zero attached hydrogens (tertiary/aromatic N) is 7. The van der Waals surface area contributed by atoms with Crippen LogP contribution in [0.4, 0.5) is 14.5 Å². The van der Waals surface area contributed by atoms with E-state index < -0.39 is 11.6 Å². The molecule has 0 N–H and O–H groups in total. The van der Waals surface area contributed by atoms with Crippen molar-refractivity contribution in [3.8, 4) is 0 Å². The SMILES string of the molecule is CC.Cn1cnc2ncn(Cc3nc(C4C5CN(c6ccc(F)c(F)c6)CC54)no3)c(=O)c21. The summed E-state index contributed by atoms with van der Waals surface area (Å²) in [7, 11) is 1.74. The second-order valence-corrected chi connectivity index (χ2v) is 8.11. The number of halogens is 2. The van der Waals surface area contributed by atoms with E-state index in [0.29, 0.717) is 40.4 Å². The molecule has 0 spiro atoms. The van der Waals surface area contributed by atoms with Gasteiger partial charge in [-0.1, -0.05) is 19.0 Å². The number of rotatable bonds is 4. The van der Waals surface area contributed by atoms with Crippen LogP contribution in [0.5, 0.6) is 0 Å². The number of hydrogen-bond acceptors (Lipinski definition) is 7. The molecular weight excluding hydrogens is 432 g/mol. The Morgan fingerprint density at radius 2 is 1.82 bits per heavy atom. The Morgan fingerprint density at radius 3 is 2.55 bits per heavy atom. The summed E-state index contributed by atoms with van der Waals surface area (Å²) in [5.74, 6) is 0.130. The van der Waals surface area contributed by atoms with E-state index in [0.717, 1.165) is 19.2 Å². The topological polar surface area (TPSA) is 94.9 Å². The number of aromatic nitrogens is 6. The first-order valence-corrected chi connectivity index (χ1v) is 10.9. The van der Waals surface area contributed by atoms with Crippen molar-refractivity contribution in [3.63, 3.8) is 0 Å². The number of piperidine rings is 1. The molecule has 2 atom stereocenters. The molecular formula is C22H23F2N7O2. The van der Waals surface area contributed by atoms with E-state index >= 15 is 0 Å². The van der Waals surface area contributed by atoms with Crippen LogP contribution in [0.2, 0.25) is 0 Å². The van der Waals surface area contributed by atoms with Gasteiger partial charge in [0.1, 0.15) is 12.9 Å². The summed E-state index contributed by atoms with van der Waals surface area (Å²) in [5, 5.41) is 4.11. The van der Waals surface area contributed by atoms with Crippen LogP contribution in [-0.2, 0) is 13.6 Å². The maximum Gasteiger partial charge on any atom is 0.280 e. The summed E-state index contributed by atoms with van der Waals surface area (Å²) in [6.45, 7) is 5.58. The standard InChI is InChI=1S/C20H17F2N7O2.C2H6/c1-27-8-23-19-17(27)20(30)29(9-24-19)7-15-25-18(26-31-15)16-11-5-28(6-12(11)16)10-2-3-13(21)14(22)4-10;1-2/h2-4,8-9,11-12,16H,5-7H2,1H3;1-2H3. The van der Waals surface area contributed by atoms with Gasteiger partial charge in [0.05, 0.1) is 6.33 Å². The second kappa shape index (κ2) is 8.05. The molecule has 0 bridgehead atoms. The van der Waals surface area contributed by atoms with Gasteiger partial charge in [0, 0.05) is 37.8 Å². The van der Waals surface area contributed by atoms with Crippen LogP contribution in [0.15, 0.2) is 40.2 Å². The Kier molecular flexibility index (Phi) is 5.18. The molecule has 1 saturated carbocycles. The van der Waals surface area contributed by atoms with Gasteiger partial charge in [-0.3, -0.25) is 9.36 Å². The predicted molar refractivity (Wildman–Crippen MR) is 116 cm³/mol. The monoisotopic (exact) mass is 455 g/mol. The Morgan fingerprint density at radius 1 is 1.09 bits per heavy atom. The molecule has 9 nitrogen and oxygen atoms in total. The quantitative estimate of drug-likeness (QED) is 0.467. The summed E-state index contributed by atoms with van der Waals surface area (Å²) in [4.78, 5) is 27.5. The van der Waals surface area contributed by atoms with Gasteiger partial charge >= 0.3 is 0 Å². The third-order valence-corrected chi connectivity index (χ3v) is 6.25. The highest BCUT2D eigenvalue weighted by atomic mass is 19.2. The molecule has 1 aliphatic carbocycles. The minimum Gasteiger partial charge on any atom is -0.371 e. The van der Waals surface area contributed by atoms with Crippen LogP contribution in [0, 0.1) is 23.5 Å². The molecule has 4 aromatic rings. The lowest BCUT2D eigenvalue weighted by molar-refractivity contribution is 0.363. The van der Waals surface area contributed by atoms with Crippen molar-refractivity contribution in [2.75, 3.05) is 18.0 Å². The molecule has 1 aromatic carbocycles. The first-order chi connectivity index (χ1) is 16.0. The van der Waals surface area contributed by atoms with Crippen molar-refractivity contribution in [1.82, 2.24) is 29.2 Å². The van der Waals surface area contributed by atoms with Crippen LogP contribution in [0.3, 0.4) is 0 Å². The number of anilines is 1. The van der Waals surface area contributed by atoms with Crippen molar-refractivity contribution >= 4 is 16.9 Å². The average molecular weight is 455 g/mol. The van der Waals surface area contributed by atoms with Crippen LogP contribution >= 0.6 is 0 Å². The molecule has 0 amide bonds. The van der Waals surface area contributed by atoms with Crippen LogP contribution < -0.4 is 10.5 Å². The summed E-state index contributed by atoms with van der Waals surface area (Å²) in [6, 6.07) is 3.97. The lowest BCUT2D eigenvalue weighted by Crippen LogP contribution is -2.24. The third kappa shape index (κ3) is 3.57. The first-order valence-electron chi connectivity index (χ1n) is 10.9. The minimum atomic E-state index is -0.845. The number of aryl methyl sites for hydroxylation is 1. The van der Waals surface area contributed by atoms with Crippen LogP contribution in [0.25, 0.3) is 11.2 Å². The van der Waals surface area contributed by atoms with E-state index in [4.69, 9.17) is 4.52 Å². The highest BCUT2D eigenvalue weighted by Gasteiger charge is 2.58. The highest BCUT2D eigenvalue weighted by molar-refractivity contribution is 5.68. The lowest BCUT2D eigenvalue weighted by Gasteiger charge is -2.21. The molecule has 3 aromatic heterocycles. The minimum absolute atomic E-state index is 0.128. The zero-order chi connectivity index (χ0) is 23.3. The molecule has 6 rings (SSSR count). The zero-order valence-corrected chi connectivity index (χ0v) is 18.4. The molecule has 1 aliphatic heterocycles. The molecule has 172 valence electrons. The molecule has 4 heterocycles. The molecule has 2 unspecified atom stereocenters. The Bertz CT molecular complexity index is 1370. The van der Waals surface area contributed by atoms with Crippen LogP contribution in [-0.4, -0.2) is 42.3 Å². The molecule has 33 heavy (non-hydrogen) atoms. The van der Waals surface area contributed by atoms with E-state index in [1.165, 1.54) is 17.0 Å². The summed E-state index contributed by atoms with van der Waals surface area (Å²) in [6.07, 6.45) is 2.97. The number of hydrogen-bond donors (Lipinski definition) is 0. The van der Waals surface area contributed by atoms with Gasteiger partial charge in [-0.2, -0.15) is 4.98 Å². The van der Waals surface area contributed by atoms with Crippen molar-refractivity contribution in [2.24, 2.45) is 18.9 Å².